The molecule has 5 heteroatoms. The van der Waals surface area contributed by atoms with Gasteiger partial charge in [-0.2, -0.15) is 0 Å². The molecule has 0 spiro atoms. The topological polar surface area (TPSA) is 60.8 Å². The summed E-state index contributed by atoms with van der Waals surface area (Å²) >= 11 is 0. The van der Waals surface area contributed by atoms with Crippen molar-refractivity contribution in [2.45, 2.75) is 44.2 Å². The second-order valence-corrected chi connectivity index (χ2v) is 5.32. The van der Waals surface area contributed by atoms with Crippen LogP contribution in [0, 0.1) is 0 Å². The first-order chi connectivity index (χ1) is 9.54. The second kappa shape index (κ2) is 6.43. The fraction of sp³-hybridized carbons (Fsp3) is 0.533. The zero-order valence-electron chi connectivity index (χ0n) is 11.4. The number of benzene rings is 1. The Morgan fingerprint density at radius 3 is 2.50 bits per heavy atom. The van der Waals surface area contributed by atoms with Crippen LogP contribution in [-0.4, -0.2) is 51.9 Å². The van der Waals surface area contributed by atoms with E-state index in [0.717, 1.165) is 5.56 Å². The Kier molecular flexibility index (Phi) is 4.86. The summed E-state index contributed by atoms with van der Waals surface area (Å²) in [5, 5.41) is 19.3. The molecule has 110 valence electrons. The Bertz CT molecular complexity index is 454. The molecule has 0 unspecified atom stereocenters. The Hall–Kier alpha value is -1.30. The molecule has 4 atom stereocenters. The Morgan fingerprint density at radius 1 is 1.30 bits per heavy atom. The number of hydrogen-bond acceptors (Lipinski definition) is 4. The van der Waals surface area contributed by atoms with Gasteiger partial charge >= 0.3 is 0 Å². The molecule has 0 bridgehead atoms. The Morgan fingerprint density at radius 2 is 1.95 bits per heavy atom. The molecule has 2 N–H and O–H groups in total. The van der Waals surface area contributed by atoms with Crippen LogP contribution in [0.4, 0.5) is 4.39 Å². The number of ketones is 1. The second-order valence-electron chi connectivity index (χ2n) is 5.32. The van der Waals surface area contributed by atoms with E-state index in [0.29, 0.717) is 6.54 Å². The first kappa shape index (κ1) is 15.1. The van der Waals surface area contributed by atoms with Crippen LogP contribution < -0.4 is 0 Å². The summed E-state index contributed by atoms with van der Waals surface area (Å²) < 4.78 is 14.2. The highest BCUT2D eigenvalue weighted by molar-refractivity contribution is 5.76. The number of hydrogen-bond donors (Lipinski definition) is 2. The van der Waals surface area contributed by atoms with Gasteiger partial charge in [0.2, 0.25) is 0 Å². The Labute approximate surface area is 117 Å². The first-order valence-electron chi connectivity index (χ1n) is 6.76. The minimum atomic E-state index is -1.51. The van der Waals surface area contributed by atoms with E-state index in [9.17, 15) is 19.4 Å². The highest BCUT2D eigenvalue weighted by Crippen LogP contribution is 2.31. The van der Waals surface area contributed by atoms with Crippen LogP contribution in [-0.2, 0) is 11.3 Å². The number of carbonyl (C=O) groups excluding carboxylic acids is 1. The molecule has 2 rings (SSSR count). The van der Waals surface area contributed by atoms with E-state index in [-0.39, 0.29) is 18.8 Å². The van der Waals surface area contributed by atoms with Gasteiger partial charge in [0, 0.05) is 13.0 Å². The molecule has 1 aromatic carbocycles. The van der Waals surface area contributed by atoms with Crippen LogP contribution in [0.2, 0.25) is 0 Å². The van der Waals surface area contributed by atoms with Crippen LogP contribution in [0.1, 0.15) is 18.9 Å². The first-order valence-corrected chi connectivity index (χ1v) is 6.76. The molecule has 1 aromatic rings. The zero-order valence-corrected chi connectivity index (χ0v) is 11.4. The molecule has 1 fully saturated rings. The van der Waals surface area contributed by atoms with Gasteiger partial charge in [-0.15, -0.1) is 0 Å². The number of aliphatic hydroxyl groups is 2. The number of carbonyl (C=O) groups is 1. The lowest BCUT2D eigenvalue weighted by molar-refractivity contribution is -0.118. The maximum atomic E-state index is 14.2. The average Bonchev–Trinajstić information content (AvgIpc) is 2.64. The largest absolute Gasteiger partial charge is 0.395 e. The number of alkyl halides is 1. The predicted octanol–water partition coefficient (Wildman–Crippen LogP) is 0.910. The van der Waals surface area contributed by atoms with E-state index in [1.807, 2.05) is 30.3 Å². The van der Waals surface area contributed by atoms with Gasteiger partial charge in [0.15, 0.2) is 0 Å². The third-order valence-electron chi connectivity index (χ3n) is 3.83. The third-order valence-corrected chi connectivity index (χ3v) is 3.83. The van der Waals surface area contributed by atoms with Crippen molar-refractivity contribution in [3.05, 3.63) is 35.9 Å². The lowest BCUT2D eigenvalue weighted by atomic mass is 10.1. The minimum Gasteiger partial charge on any atom is -0.395 e. The maximum absolute atomic E-state index is 14.2. The minimum absolute atomic E-state index is 0.0432. The van der Waals surface area contributed by atoms with E-state index in [2.05, 4.69) is 0 Å². The van der Waals surface area contributed by atoms with Crippen LogP contribution in [0.25, 0.3) is 0 Å². The van der Waals surface area contributed by atoms with Crippen molar-refractivity contribution < 1.29 is 19.4 Å². The molecule has 0 saturated carbocycles. The SMILES string of the molecule is CC(=O)C[C@@H]1[C@H](F)[C@H](O)[C@@H](CO)N1Cc1ccccc1. The van der Waals surface area contributed by atoms with E-state index in [1.165, 1.54) is 6.92 Å². The standard InChI is InChI=1S/C15H20FNO3/c1-10(19)7-12-14(16)15(20)13(9-18)17(12)8-11-5-3-2-4-6-11/h2-6,12-15,18,20H,7-9H2,1H3/t12-,13-,14+,15-/m1/s1. The number of likely N-dealkylation sites (tertiary alicyclic amines) is 1. The van der Waals surface area contributed by atoms with Crippen molar-refractivity contribution >= 4 is 5.78 Å². The summed E-state index contributed by atoms with van der Waals surface area (Å²) in [4.78, 5) is 13.0. The predicted molar refractivity (Wildman–Crippen MR) is 72.8 cm³/mol. The molecule has 1 aliphatic heterocycles. The van der Waals surface area contributed by atoms with Gasteiger partial charge in [-0.3, -0.25) is 9.69 Å². The van der Waals surface area contributed by atoms with Crippen molar-refractivity contribution in [3.63, 3.8) is 0 Å². The summed E-state index contributed by atoms with van der Waals surface area (Å²) in [5.74, 6) is -0.124. The maximum Gasteiger partial charge on any atom is 0.143 e. The number of nitrogens with zero attached hydrogens (tertiary/aromatic N) is 1. The van der Waals surface area contributed by atoms with Gasteiger partial charge in [-0.1, -0.05) is 30.3 Å². The molecular formula is C15H20FNO3. The number of Topliss-reactive ketones (excluding diaryl/α,β-unsaturated/α-hetero) is 1. The van der Waals surface area contributed by atoms with Crippen molar-refractivity contribution in [2.75, 3.05) is 6.61 Å². The molecule has 0 aliphatic carbocycles. The molecule has 0 radical (unpaired) electrons. The molecule has 4 nitrogen and oxygen atoms in total. The number of rotatable bonds is 5. The zero-order chi connectivity index (χ0) is 14.7. The molecule has 20 heavy (non-hydrogen) atoms. The summed E-state index contributed by atoms with van der Waals surface area (Å²) in [7, 11) is 0. The molecular weight excluding hydrogens is 261 g/mol. The van der Waals surface area contributed by atoms with Gasteiger partial charge in [-0.25, -0.2) is 4.39 Å². The van der Waals surface area contributed by atoms with E-state index in [4.69, 9.17) is 0 Å². The fourth-order valence-corrected chi connectivity index (χ4v) is 2.83. The van der Waals surface area contributed by atoms with Crippen LogP contribution in [0.15, 0.2) is 30.3 Å². The van der Waals surface area contributed by atoms with Crippen molar-refractivity contribution in [1.82, 2.24) is 4.90 Å². The quantitative estimate of drug-likeness (QED) is 0.842. The molecule has 1 saturated heterocycles. The van der Waals surface area contributed by atoms with E-state index >= 15 is 0 Å². The van der Waals surface area contributed by atoms with Gasteiger partial charge in [0.1, 0.15) is 18.1 Å². The highest BCUT2D eigenvalue weighted by atomic mass is 19.1. The average molecular weight is 281 g/mol. The summed E-state index contributed by atoms with van der Waals surface area (Å²) in [6, 6.07) is 8.09. The summed E-state index contributed by atoms with van der Waals surface area (Å²) in [5.41, 5.74) is 0.959. The lowest BCUT2D eigenvalue weighted by Gasteiger charge is -2.28. The van der Waals surface area contributed by atoms with Crippen molar-refractivity contribution in [3.8, 4) is 0 Å². The van der Waals surface area contributed by atoms with Crippen LogP contribution in [0.3, 0.4) is 0 Å². The molecule has 1 aliphatic rings. The third kappa shape index (κ3) is 3.06. The normalized spacial score (nSPS) is 30.6. The van der Waals surface area contributed by atoms with Gasteiger partial charge in [0.05, 0.1) is 18.7 Å². The fourth-order valence-electron chi connectivity index (χ4n) is 2.83. The van der Waals surface area contributed by atoms with Gasteiger partial charge < -0.3 is 10.2 Å². The number of aliphatic hydroxyl groups excluding tert-OH is 2. The molecule has 1 heterocycles. The van der Waals surface area contributed by atoms with Crippen molar-refractivity contribution in [1.29, 1.82) is 0 Å². The van der Waals surface area contributed by atoms with Crippen molar-refractivity contribution in [2.24, 2.45) is 0 Å². The molecule has 0 amide bonds. The van der Waals surface area contributed by atoms with Crippen LogP contribution in [0.5, 0.6) is 0 Å². The number of halogens is 1. The highest BCUT2D eigenvalue weighted by Gasteiger charge is 2.48. The summed E-state index contributed by atoms with van der Waals surface area (Å²) in [6.07, 6.45) is -2.73. The van der Waals surface area contributed by atoms with Crippen LogP contribution >= 0.6 is 0 Å². The molecule has 0 aromatic heterocycles. The smallest absolute Gasteiger partial charge is 0.143 e. The van der Waals surface area contributed by atoms with E-state index in [1.54, 1.807) is 4.90 Å². The lowest BCUT2D eigenvalue weighted by Crippen LogP contribution is -2.41. The summed E-state index contributed by atoms with van der Waals surface area (Å²) in [6.45, 7) is 1.48. The van der Waals surface area contributed by atoms with Gasteiger partial charge in [0.25, 0.3) is 0 Å². The Balaban J connectivity index is 2.21. The monoisotopic (exact) mass is 281 g/mol. The van der Waals surface area contributed by atoms with E-state index < -0.39 is 24.4 Å². The van der Waals surface area contributed by atoms with Gasteiger partial charge in [-0.05, 0) is 12.5 Å².